The molecule has 0 amide bonds. The van der Waals surface area contributed by atoms with E-state index < -0.39 is 22.3 Å². The third-order valence-corrected chi connectivity index (χ3v) is 4.94. The standard InChI is InChI=1S/C15H14ClF2N5O3S/c1-27(24,25)23(11-4-2-3-10(16)9-11)8-7-22-6-5-12(21-22)14-19-20-15(26-14)13(17)18/h2-6,9,13H,7-8H2,1H3. The smallest absolute Gasteiger partial charge is 0.314 e. The Bertz CT molecular complexity index is 1040. The third kappa shape index (κ3) is 4.61. The molecule has 8 nitrogen and oxygen atoms in total. The molecule has 27 heavy (non-hydrogen) atoms. The summed E-state index contributed by atoms with van der Waals surface area (Å²) in [7, 11) is -3.55. The number of aromatic nitrogens is 4. The minimum atomic E-state index is -3.55. The summed E-state index contributed by atoms with van der Waals surface area (Å²) in [5.74, 6) is -0.928. The first-order valence-corrected chi connectivity index (χ1v) is 9.85. The Hall–Kier alpha value is -2.53. The van der Waals surface area contributed by atoms with Gasteiger partial charge in [-0.3, -0.25) is 8.99 Å². The van der Waals surface area contributed by atoms with Gasteiger partial charge in [-0.05, 0) is 24.3 Å². The number of anilines is 1. The van der Waals surface area contributed by atoms with E-state index in [1.165, 1.54) is 15.1 Å². The van der Waals surface area contributed by atoms with Crippen molar-refractivity contribution in [3.63, 3.8) is 0 Å². The number of alkyl halides is 2. The Balaban J connectivity index is 1.75. The lowest BCUT2D eigenvalue weighted by atomic mass is 10.3. The van der Waals surface area contributed by atoms with Gasteiger partial charge in [-0.1, -0.05) is 17.7 Å². The summed E-state index contributed by atoms with van der Waals surface area (Å²) in [6, 6.07) is 7.97. The van der Waals surface area contributed by atoms with E-state index in [-0.39, 0.29) is 24.7 Å². The van der Waals surface area contributed by atoms with E-state index in [9.17, 15) is 17.2 Å². The van der Waals surface area contributed by atoms with Crippen molar-refractivity contribution in [2.45, 2.75) is 13.0 Å². The van der Waals surface area contributed by atoms with Crippen LogP contribution in [0, 0.1) is 0 Å². The Labute approximate surface area is 158 Å². The molecule has 0 saturated carbocycles. The maximum absolute atomic E-state index is 12.5. The van der Waals surface area contributed by atoms with Crippen LogP contribution >= 0.6 is 11.6 Å². The Morgan fingerprint density at radius 2 is 2.07 bits per heavy atom. The first-order valence-electron chi connectivity index (χ1n) is 7.62. The van der Waals surface area contributed by atoms with E-state index in [2.05, 4.69) is 15.3 Å². The van der Waals surface area contributed by atoms with Crippen molar-refractivity contribution in [3.8, 4) is 11.6 Å². The average molecular weight is 418 g/mol. The molecule has 0 atom stereocenters. The van der Waals surface area contributed by atoms with E-state index in [0.29, 0.717) is 10.7 Å². The minimum absolute atomic E-state index is 0.0897. The summed E-state index contributed by atoms with van der Waals surface area (Å²) in [6.45, 7) is 0.293. The molecule has 144 valence electrons. The summed E-state index contributed by atoms with van der Waals surface area (Å²) in [5.41, 5.74) is 0.638. The van der Waals surface area contributed by atoms with Gasteiger partial charge in [0.2, 0.25) is 10.0 Å². The molecule has 3 aromatic rings. The number of nitrogens with zero attached hydrogens (tertiary/aromatic N) is 5. The van der Waals surface area contributed by atoms with Crippen LogP contribution in [0.3, 0.4) is 0 Å². The molecule has 0 aliphatic heterocycles. The maximum Gasteiger partial charge on any atom is 0.314 e. The molecule has 12 heteroatoms. The normalized spacial score (nSPS) is 11.9. The number of benzene rings is 1. The fraction of sp³-hybridized carbons (Fsp3) is 0.267. The molecule has 0 aliphatic carbocycles. The predicted molar refractivity (Wildman–Crippen MR) is 94.1 cm³/mol. The number of halogens is 3. The van der Waals surface area contributed by atoms with Crippen LogP contribution in [0.1, 0.15) is 12.3 Å². The van der Waals surface area contributed by atoms with Crippen LogP contribution in [0.15, 0.2) is 40.9 Å². The monoisotopic (exact) mass is 417 g/mol. The molecule has 0 unspecified atom stereocenters. The second kappa shape index (κ2) is 7.61. The molecule has 2 aromatic heterocycles. The quantitative estimate of drug-likeness (QED) is 0.586. The lowest BCUT2D eigenvalue weighted by Gasteiger charge is -2.22. The minimum Gasteiger partial charge on any atom is -0.413 e. The van der Waals surface area contributed by atoms with E-state index in [4.69, 9.17) is 16.0 Å². The average Bonchev–Trinajstić information content (AvgIpc) is 3.23. The maximum atomic E-state index is 12.5. The fourth-order valence-electron chi connectivity index (χ4n) is 2.34. The Kier molecular flexibility index (Phi) is 5.42. The molecule has 0 fully saturated rings. The van der Waals surface area contributed by atoms with Crippen molar-refractivity contribution in [1.82, 2.24) is 20.0 Å². The molecule has 0 spiro atoms. The zero-order chi connectivity index (χ0) is 19.6. The number of hydrogen-bond donors (Lipinski definition) is 0. The SMILES string of the molecule is CS(=O)(=O)N(CCn1ccc(-c2nnc(C(F)F)o2)n1)c1cccc(Cl)c1. The van der Waals surface area contributed by atoms with Gasteiger partial charge >= 0.3 is 6.43 Å². The van der Waals surface area contributed by atoms with Gasteiger partial charge in [0.25, 0.3) is 11.8 Å². The van der Waals surface area contributed by atoms with Gasteiger partial charge in [0.1, 0.15) is 5.69 Å². The second-order valence-corrected chi connectivity index (χ2v) is 7.87. The molecular weight excluding hydrogens is 404 g/mol. The summed E-state index contributed by atoms with van der Waals surface area (Å²) >= 11 is 5.94. The van der Waals surface area contributed by atoms with Gasteiger partial charge in [0.15, 0.2) is 0 Å². The van der Waals surface area contributed by atoms with E-state index in [0.717, 1.165) is 6.26 Å². The van der Waals surface area contributed by atoms with E-state index in [1.807, 2.05) is 0 Å². The highest BCUT2D eigenvalue weighted by atomic mass is 35.5. The number of sulfonamides is 1. The number of hydrogen-bond acceptors (Lipinski definition) is 6. The van der Waals surface area contributed by atoms with Gasteiger partial charge in [-0.25, -0.2) is 8.42 Å². The predicted octanol–water partition coefficient (Wildman–Crippen LogP) is 2.99. The van der Waals surface area contributed by atoms with Gasteiger partial charge in [-0.2, -0.15) is 13.9 Å². The van der Waals surface area contributed by atoms with Crippen LogP contribution in [0.2, 0.25) is 5.02 Å². The first kappa shape index (κ1) is 19.2. The molecule has 1 aromatic carbocycles. The third-order valence-electron chi connectivity index (χ3n) is 3.52. The van der Waals surface area contributed by atoms with Crippen LogP contribution in [0.4, 0.5) is 14.5 Å². The molecule has 0 bridgehead atoms. The van der Waals surface area contributed by atoms with E-state index >= 15 is 0 Å². The zero-order valence-corrected chi connectivity index (χ0v) is 15.5. The highest BCUT2D eigenvalue weighted by molar-refractivity contribution is 7.92. The molecule has 0 saturated heterocycles. The van der Waals surface area contributed by atoms with Crippen molar-refractivity contribution in [1.29, 1.82) is 0 Å². The van der Waals surface area contributed by atoms with Crippen molar-refractivity contribution < 1.29 is 21.6 Å². The van der Waals surface area contributed by atoms with Crippen molar-refractivity contribution in [2.24, 2.45) is 0 Å². The van der Waals surface area contributed by atoms with Gasteiger partial charge < -0.3 is 4.42 Å². The first-order chi connectivity index (χ1) is 12.7. The van der Waals surface area contributed by atoms with Crippen LogP contribution in [-0.4, -0.2) is 41.2 Å². The molecule has 0 aliphatic rings. The molecule has 3 rings (SSSR count). The molecule has 0 radical (unpaired) electrons. The topological polar surface area (TPSA) is 94.1 Å². The Morgan fingerprint density at radius 1 is 1.30 bits per heavy atom. The summed E-state index contributed by atoms with van der Waals surface area (Å²) in [5, 5.41) is 11.3. The largest absolute Gasteiger partial charge is 0.413 e. The van der Waals surface area contributed by atoms with Crippen LogP contribution < -0.4 is 4.31 Å². The highest BCUT2D eigenvalue weighted by Gasteiger charge is 2.20. The lowest BCUT2D eigenvalue weighted by molar-refractivity contribution is 0.116. The van der Waals surface area contributed by atoms with Crippen molar-refractivity contribution >= 4 is 27.3 Å². The van der Waals surface area contributed by atoms with Crippen molar-refractivity contribution in [2.75, 3.05) is 17.1 Å². The van der Waals surface area contributed by atoms with Crippen LogP contribution in [0.5, 0.6) is 0 Å². The van der Waals surface area contributed by atoms with Gasteiger partial charge in [0, 0.05) is 11.2 Å². The van der Waals surface area contributed by atoms with E-state index in [1.54, 1.807) is 30.5 Å². The fourth-order valence-corrected chi connectivity index (χ4v) is 3.43. The Morgan fingerprint density at radius 3 is 2.70 bits per heavy atom. The summed E-state index contributed by atoms with van der Waals surface area (Å²) in [4.78, 5) is 0. The second-order valence-electron chi connectivity index (χ2n) is 5.53. The van der Waals surface area contributed by atoms with Crippen LogP contribution in [-0.2, 0) is 16.6 Å². The van der Waals surface area contributed by atoms with Gasteiger partial charge in [-0.15, -0.1) is 10.2 Å². The summed E-state index contributed by atoms with van der Waals surface area (Å²) < 4.78 is 56.7. The lowest BCUT2D eigenvalue weighted by Crippen LogP contribution is -2.33. The van der Waals surface area contributed by atoms with Crippen molar-refractivity contribution in [3.05, 3.63) is 47.4 Å². The number of rotatable bonds is 7. The highest BCUT2D eigenvalue weighted by Crippen LogP contribution is 2.23. The molecule has 2 heterocycles. The zero-order valence-electron chi connectivity index (χ0n) is 14.0. The van der Waals surface area contributed by atoms with Crippen LogP contribution in [0.25, 0.3) is 11.6 Å². The molecule has 0 N–H and O–H groups in total. The molecular formula is C15H14ClF2N5O3S. The summed E-state index contributed by atoms with van der Waals surface area (Å²) in [6.07, 6.45) is -0.221. The van der Waals surface area contributed by atoms with Gasteiger partial charge in [0.05, 0.1) is 25.0 Å².